The van der Waals surface area contributed by atoms with Gasteiger partial charge >= 0.3 is 0 Å². The molecular weight excluding hydrogens is 410 g/mol. The summed E-state index contributed by atoms with van der Waals surface area (Å²) in [4.78, 5) is 28.2. The lowest BCUT2D eigenvalue weighted by Crippen LogP contribution is -2.49. The second kappa shape index (κ2) is 9.47. The maximum atomic E-state index is 12.5. The number of hydrogen-bond acceptors (Lipinski definition) is 6. The third-order valence-electron chi connectivity index (χ3n) is 5.39. The molecule has 1 aliphatic rings. The molecule has 3 aromatic rings. The number of nitrogens with one attached hydrogen (secondary N) is 1. The van der Waals surface area contributed by atoms with Crippen LogP contribution in [0, 0.1) is 12.8 Å². The summed E-state index contributed by atoms with van der Waals surface area (Å²) in [6.45, 7) is 6.65. The first kappa shape index (κ1) is 22.7. The number of fused-ring (bicyclic) bond motifs is 1. The zero-order chi connectivity index (χ0) is 21.3. The molecule has 8 nitrogen and oxygen atoms in total. The second-order valence-corrected chi connectivity index (χ2v) is 8.08. The van der Waals surface area contributed by atoms with Crippen LogP contribution in [0.5, 0.6) is 0 Å². The smallest absolute Gasteiger partial charge is 0.247 e. The third kappa shape index (κ3) is 4.87. The van der Waals surface area contributed by atoms with Gasteiger partial charge in [0.2, 0.25) is 5.91 Å². The molecule has 31 heavy (non-hydrogen) atoms. The number of pyridine rings is 1. The van der Waals surface area contributed by atoms with Gasteiger partial charge in [-0.15, -0.1) is 0 Å². The lowest BCUT2D eigenvalue weighted by atomic mass is 9.99. The van der Waals surface area contributed by atoms with Gasteiger partial charge in [0.15, 0.2) is 5.82 Å². The van der Waals surface area contributed by atoms with E-state index in [1.54, 1.807) is 6.20 Å². The van der Waals surface area contributed by atoms with E-state index < -0.39 is 0 Å². The Morgan fingerprint density at radius 2 is 2.00 bits per heavy atom. The number of nitrogens with zero attached hydrogens (tertiary/aromatic N) is 6. The van der Waals surface area contributed by atoms with Crippen molar-refractivity contribution in [1.82, 2.24) is 24.7 Å². The Morgan fingerprint density at radius 1 is 1.19 bits per heavy atom. The van der Waals surface area contributed by atoms with Crippen molar-refractivity contribution >= 4 is 30.9 Å². The molecule has 1 N–H and O–H groups in total. The van der Waals surface area contributed by atoms with Crippen LogP contribution >= 0.6 is 13.5 Å². The maximum Gasteiger partial charge on any atom is 0.247 e. The van der Waals surface area contributed by atoms with Crippen LogP contribution in [0.3, 0.4) is 0 Å². The summed E-state index contributed by atoms with van der Waals surface area (Å²) in [5.74, 6) is 1.75. The van der Waals surface area contributed by atoms with E-state index in [1.165, 1.54) is 0 Å². The molecule has 4 heterocycles. The quantitative estimate of drug-likeness (QED) is 0.635. The first-order chi connectivity index (χ1) is 14.4. The van der Waals surface area contributed by atoms with E-state index in [-0.39, 0.29) is 31.4 Å². The molecule has 0 saturated carbocycles. The van der Waals surface area contributed by atoms with Gasteiger partial charge < -0.3 is 10.2 Å². The van der Waals surface area contributed by atoms with E-state index in [9.17, 15) is 4.79 Å². The highest BCUT2D eigenvalue weighted by Gasteiger charge is 2.35. The predicted octanol–water partition coefficient (Wildman–Crippen LogP) is 2.74. The SMILES string of the molecule is Cc1nc(CCc2cnn(Cc3ccccn3)c2)nc2c1NC(=O)[C@H](C(C)C)N2C.S. The van der Waals surface area contributed by atoms with E-state index in [0.29, 0.717) is 18.7 Å². The molecule has 0 aliphatic carbocycles. The summed E-state index contributed by atoms with van der Waals surface area (Å²) in [6, 6.07) is 5.64. The number of rotatable bonds is 6. The highest BCUT2D eigenvalue weighted by Crippen LogP contribution is 2.33. The number of hydrogen-bond donors (Lipinski definition) is 1. The lowest BCUT2D eigenvalue weighted by Gasteiger charge is -2.36. The van der Waals surface area contributed by atoms with Crippen LogP contribution < -0.4 is 10.2 Å². The minimum Gasteiger partial charge on any atom is -0.346 e. The first-order valence-corrected chi connectivity index (χ1v) is 10.2. The van der Waals surface area contributed by atoms with Crippen LogP contribution in [0.25, 0.3) is 0 Å². The number of carbonyl (C=O) groups excluding carboxylic acids is 1. The van der Waals surface area contributed by atoms with Crippen LogP contribution in [-0.4, -0.2) is 43.7 Å². The summed E-state index contributed by atoms with van der Waals surface area (Å²) in [6.07, 6.45) is 7.22. The van der Waals surface area contributed by atoms with Gasteiger partial charge in [0, 0.05) is 25.9 Å². The van der Waals surface area contributed by atoms with Gasteiger partial charge in [-0.05, 0) is 37.0 Å². The standard InChI is InChI=1S/C22H27N7O.H2S/c1-14(2)20-22(30)27-19-15(3)25-18(26-21(19)28(20)4)9-8-16-11-24-29(12-16)13-17-7-5-6-10-23-17;/h5-7,10-12,14,20H,8-9,13H2,1-4H3,(H,27,30);1H2/t20-;/m0./s1. The average molecular weight is 440 g/mol. The van der Waals surface area contributed by atoms with E-state index in [4.69, 9.17) is 4.98 Å². The molecule has 0 spiro atoms. The fourth-order valence-electron chi connectivity index (χ4n) is 3.92. The maximum absolute atomic E-state index is 12.5. The van der Waals surface area contributed by atoms with Crippen molar-refractivity contribution < 1.29 is 4.79 Å². The van der Waals surface area contributed by atoms with Crippen LogP contribution in [0.2, 0.25) is 0 Å². The molecule has 9 heteroatoms. The van der Waals surface area contributed by atoms with Crippen molar-refractivity contribution in [3.8, 4) is 0 Å². The highest BCUT2D eigenvalue weighted by molar-refractivity contribution is 7.59. The molecule has 0 bridgehead atoms. The molecule has 164 valence electrons. The normalized spacial score (nSPS) is 15.5. The van der Waals surface area contributed by atoms with Gasteiger partial charge in [0.1, 0.15) is 17.6 Å². The number of likely N-dealkylation sites (N-methyl/N-ethyl adjacent to an activating group) is 1. The van der Waals surface area contributed by atoms with Crippen LogP contribution in [0.4, 0.5) is 11.5 Å². The van der Waals surface area contributed by atoms with Gasteiger partial charge in [0.25, 0.3) is 0 Å². The van der Waals surface area contributed by atoms with Crippen molar-refractivity contribution in [1.29, 1.82) is 0 Å². The molecular formula is C22H29N7OS. The minimum atomic E-state index is -0.232. The third-order valence-corrected chi connectivity index (χ3v) is 5.39. The van der Waals surface area contributed by atoms with E-state index in [2.05, 4.69) is 20.4 Å². The first-order valence-electron chi connectivity index (χ1n) is 10.2. The molecule has 0 unspecified atom stereocenters. The Hall–Kier alpha value is -2.94. The summed E-state index contributed by atoms with van der Waals surface area (Å²) in [5, 5.41) is 7.43. The van der Waals surface area contributed by atoms with Gasteiger partial charge in [-0.25, -0.2) is 9.97 Å². The number of anilines is 2. The van der Waals surface area contributed by atoms with Crippen molar-refractivity contribution in [3.63, 3.8) is 0 Å². The number of carbonyl (C=O) groups is 1. The van der Waals surface area contributed by atoms with Crippen molar-refractivity contribution in [2.45, 2.75) is 46.2 Å². The number of aryl methyl sites for hydroxylation is 3. The average Bonchev–Trinajstić information content (AvgIpc) is 3.15. The summed E-state index contributed by atoms with van der Waals surface area (Å²) in [7, 11) is 1.93. The van der Waals surface area contributed by atoms with Crippen molar-refractivity contribution in [2.75, 3.05) is 17.3 Å². The molecule has 1 amide bonds. The molecule has 0 fully saturated rings. The largest absolute Gasteiger partial charge is 0.346 e. The van der Waals surface area contributed by atoms with Gasteiger partial charge in [-0.2, -0.15) is 18.6 Å². The minimum absolute atomic E-state index is 0. The fraction of sp³-hybridized carbons (Fsp3) is 0.409. The van der Waals surface area contributed by atoms with Gasteiger partial charge in [0.05, 0.1) is 24.1 Å². The van der Waals surface area contributed by atoms with Crippen LogP contribution in [0.15, 0.2) is 36.8 Å². The lowest BCUT2D eigenvalue weighted by molar-refractivity contribution is -0.118. The Morgan fingerprint density at radius 3 is 2.71 bits per heavy atom. The number of amides is 1. The second-order valence-electron chi connectivity index (χ2n) is 8.08. The van der Waals surface area contributed by atoms with E-state index >= 15 is 0 Å². The topological polar surface area (TPSA) is 88.8 Å². The van der Waals surface area contributed by atoms with E-state index in [1.807, 2.05) is 68.0 Å². The molecule has 1 atom stereocenters. The predicted molar refractivity (Wildman–Crippen MR) is 126 cm³/mol. The van der Waals surface area contributed by atoms with Crippen molar-refractivity contribution in [3.05, 3.63) is 59.6 Å². The molecule has 0 radical (unpaired) electrons. The van der Waals surface area contributed by atoms with Crippen LogP contribution in [-0.2, 0) is 24.2 Å². The molecule has 0 aromatic carbocycles. The summed E-state index contributed by atoms with van der Waals surface area (Å²) in [5.41, 5.74) is 3.62. The van der Waals surface area contributed by atoms with Gasteiger partial charge in [-0.1, -0.05) is 19.9 Å². The molecule has 1 aliphatic heterocycles. The van der Waals surface area contributed by atoms with E-state index in [0.717, 1.165) is 35.0 Å². The van der Waals surface area contributed by atoms with Crippen molar-refractivity contribution in [2.24, 2.45) is 5.92 Å². The zero-order valence-corrected chi connectivity index (χ0v) is 19.3. The monoisotopic (exact) mass is 439 g/mol. The fourth-order valence-corrected chi connectivity index (χ4v) is 3.92. The Bertz CT molecular complexity index is 1050. The summed E-state index contributed by atoms with van der Waals surface area (Å²) < 4.78 is 1.90. The molecule has 4 rings (SSSR count). The number of aromatic nitrogens is 5. The van der Waals surface area contributed by atoms with Crippen LogP contribution in [0.1, 0.15) is 36.6 Å². The Labute approximate surface area is 189 Å². The van der Waals surface area contributed by atoms with Gasteiger partial charge in [-0.3, -0.25) is 14.5 Å². The molecule has 3 aromatic heterocycles. The summed E-state index contributed by atoms with van der Waals surface area (Å²) >= 11 is 0. The Balaban J connectivity index is 0.00000272. The highest BCUT2D eigenvalue weighted by atomic mass is 32.1. The zero-order valence-electron chi connectivity index (χ0n) is 18.3. The molecule has 0 saturated heterocycles. The Kier molecular flexibility index (Phi) is 6.94.